The quantitative estimate of drug-likeness (QED) is 0.259. The lowest BCUT2D eigenvalue weighted by Crippen LogP contribution is -2.37. The van der Waals surface area contributed by atoms with Crippen LogP contribution in [0.5, 0.6) is 0 Å². The molecule has 0 aliphatic heterocycles. The molecule has 0 heterocycles. The molecule has 1 aromatic rings. The lowest BCUT2D eigenvalue weighted by molar-refractivity contribution is -0.117. The monoisotopic (exact) mass is 401 g/mol. The van der Waals surface area contributed by atoms with E-state index in [4.69, 9.17) is 5.73 Å². The van der Waals surface area contributed by atoms with E-state index in [1.54, 1.807) is 12.1 Å². The molecule has 160 valence electrons. The van der Waals surface area contributed by atoms with Crippen molar-refractivity contribution in [3.8, 4) is 0 Å². The van der Waals surface area contributed by atoms with Crippen molar-refractivity contribution < 1.29 is 9.59 Å². The summed E-state index contributed by atoms with van der Waals surface area (Å²) in [7, 11) is 0. The standard InChI is InChI=1S/C22H35N5O2/c1-2-24-22(25-14-6-5-9-17-7-3-4-8-17)27-15-18-10-12-19(13-11-18)21(29)26-16-20(23)28/h10-13,17H,2-9,14-16H2,1H3,(H2,23,28)(H,26,29)(H2,24,25,27). The fourth-order valence-electron chi connectivity index (χ4n) is 3.61. The highest BCUT2D eigenvalue weighted by molar-refractivity contribution is 5.96. The molecule has 2 amide bonds. The third-order valence-corrected chi connectivity index (χ3v) is 5.21. The van der Waals surface area contributed by atoms with Gasteiger partial charge in [-0.25, -0.2) is 4.99 Å². The zero-order valence-electron chi connectivity index (χ0n) is 17.5. The molecule has 7 heteroatoms. The lowest BCUT2D eigenvalue weighted by Gasteiger charge is -2.12. The van der Waals surface area contributed by atoms with Crippen molar-refractivity contribution in [2.45, 2.75) is 58.4 Å². The first-order valence-corrected chi connectivity index (χ1v) is 10.8. The molecule has 29 heavy (non-hydrogen) atoms. The molecular formula is C22H35N5O2. The van der Waals surface area contributed by atoms with Gasteiger partial charge in [-0.1, -0.05) is 50.7 Å². The van der Waals surface area contributed by atoms with Gasteiger partial charge >= 0.3 is 0 Å². The van der Waals surface area contributed by atoms with E-state index in [9.17, 15) is 9.59 Å². The highest BCUT2D eigenvalue weighted by Gasteiger charge is 2.13. The van der Waals surface area contributed by atoms with E-state index in [2.05, 4.69) is 27.9 Å². The van der Waals surface area contributed by atoms with Gasteiger partial charge in [0, 0.05) is 18.7 Å². The van der Waals surface area contributed by atoms with Gasteiger partial charge in [-0.2, -0.15) is 0 Å². The average Bonchev–Trinajstić information content (AvgIpc) is 3.23. The Balaban J connectivity index is 1.74. The summed E-state index contributed by atoms with van der Waals surface area (Å²) in [6, 6.07) is 7.19. The summed E-state index contributed by atoms with van der Waals surface area (Å²) in [6.45, 7) is 4.16. The maximum atomic E-state index is 11.9. The van der Waals surface area contributed by atoms with Crippen molar-refractivity contribution in [3.05, 3.63) is 35.4 Å². The fourth-order valence-corrected chi connectivity index (χ4v) is 3.61. The molecule has 0 unspecified atom stereocenters. The van der Waals surface area contributed by atoms with Crippen LogP contribution in [0.3, 0.4) is 0 Å². The first kappa shape index (κ1) is 22.7. The minimum atomic E-state index is -0.564. The Morgan fingerprint density at radius 1 is 1.07 bits per heavy atom. The Kier molecular flexibility index (Phi) is 10.0. The number of hydrogen-bond donors (Lipinski definition) is 4. The molecule has 0 aromatic heterocycles. The molecule has 0 radical (unpaired) electrons. The first-order valence-electron chi connectivity index (χ1n) is 10.8. The normalized spacial score (nSPS) is 14.6. The zero-order chi connectivity index (χ0) is 20.9. The van der Waals surface area contributed by atoms with Crippen molar-refractivity contribution >= 4 is 17.8 Å². The topological polar surface area (TPSA) is 109 Å². The number of benzene rings is 1. The second-order valence-corrected chi connectivity index (χ2v) is 7.61. The largest absolute Gasteiger partial charge is 0.368 e. The summed E-state index contributed by atoms with van der Waals surface area (Å²) in [6.07, 6.45) is 9.46. The summed E-state index contributed by atoms with van der Waals surface area (Å²) in [5.74, 6) is 0.896. The molecule has 5 N–H and O–H groups in total. The molecule has 1 fully saturated rings. The van der Waals surface area contributed by atoms with Crippen LogP contribution < -0.4 is 21.7 Å². The lowest BCUT2D eigenvalue weighted by atomic mass is 10.0. The Hall–Kier alpha value is -2.57. The summed E-state index contributed by atoms with van der Waals surface area (Å²) in [5.41, 5.74) is 6.54. The van der Waals surface area contributed by atoms with E-state index in [1.165, 1.54) is 38.5 Å². The molecule has 1 aliphatic carbocycles. The molecule has 0 atom stereocenters. The smallest absolute Gasteiger partial charge is 0.251 e. The Morgan fingerprint density at radius 3 is 2.45 bits per heavy atom. The van der Waals surface area contributed by atoms with Crippen LogP contribution in [0.15, 0.2) is 29.3 Å². The molecule has 0 spiro atoms. The van der Waals surface area contributed by atoms with Gasteiger partial charge < -0.3 is 21.7 Å². The number of guanidine groups is 1. The Bertz CT molecular complexity index is 666. The van der Waals surface area contributed by atoms with Gasteiger partial charge in [0.15, 0.2) is 5.96 Å². The van der Waals surface area contributed by atoms with Crippen LogP contribution in [-0.4, -0.2) is 37.4 Å². The maximum absolute atomic E-state index is 11.9. The number of hydrogen-bond acceptors (Lipinski definition) is 3. The second kappa shape index (κ2) is 12.8. The fraction of sp³-hybridized carbons (Fsp3) is 0.591. The van der Waals surface area contributed by atoms with Crippen molar-refractivity contribution in [1.29, 1.82) is 0 Å². The molecule has 0 saturated heterocycles. The van der Waals surface area contributed by atoms with E-state index in [-0.39, 0.29) is 12.5 Å². The van der Waals surface area contributed by atoms with E-state index in [0.29, 0.717) is 12.1 Å². The summed E-state index contributed by atoms with van der Waals surface area (Å²) in [4.78, 5) is 27.3. The number of nitrogens with zero attached hydrogens (tertiary/aromatic N) is 1. The number of aliphatic imine (C=N–C) groups is 1. The zero-order valence-corrected chi connectivity index (χ0v) is 17.5. The van der Waals surface area contributed by atoms with Crippen LogP contribution in [-0.2, 0) is 11.3 Å². The number of unbranched alkanes of at least 4 members (excludes halogenated alkanes) is 1. The van der Waals surface area contributed by atoms with E-state index < -0.39 is 5.91 Å². The van der Waals surface area contributed by atoms with Crippen LogP contribution in [0.4, 0.5) is 0 Å². The molecule has 0 bridgehead atoms. The molecular weight excluding hydrogens is 366 g/mol. The number of carbonyl (C=O) groups excluding carboxylic acids is 2. The number of amides is 2. The van der Waals surface area contributed by atoms with E-state index in [1.807, 2.05) is 12.1 Å². The molecule has 7 nitrogen and oxygen atoms in total. The average molecular weight is 402 g/mol. The van der Waals surface area contributed by atoms with Gasteiger partial charge in [0.05, 0.1) is 13.1 Å². The van der Waals surface area contributed by atoms with Gasteiger partial charge in [0.25, 0.3) is 5.91 Å². The van der Waals surface area contributed by atoms with Crippen LogP contribution >= 0.6 is 0 Å². The predicted octanol–water partition coefficient (Wildman–Crippen LogP) is 2.32. The third-order valence-electron chi connectivity index (χ3n) is 5.21. The number of rotatable bonds is 11. The third kappa shape index (κ3) is 8.98. The number of nitrogens with one attached hydrogen (secondary N) is 3. The van der Waals surface area contributed by atoms with Crippen molar-refractivity contribution in [3.63, 3.8) is 0 Å². The molecule has 1 aromatic carbocycles. The minimum absolute atomic E-state index is 0.163. The van der Waals surface area contributed by atoms with Crippen molar-refractivity contribution in [1.82, 2.24) is 16.0 Å². The maximum Gasteiger partial charge on any atom is 0.251 e. The van der Waals surface area contributed by atoms with E-state index >= 15 is 0 Å². The number of carbonyl (C=O) groups is 2. The Labute approximate surface area is 173 Å². The van der Waals surface area contributed by atoms with Crippen molar-refractivity contribution in [2.24, 2.45) is 16.6 Å². The van der Waals surface area contributed by atoms with Gasteiger partial charge in [-0.15, -0.1) is 0 Å². The highest BCUT2D eigenvalue weighted by atomic mass is 16.2. The minimum Gasteiger partial charge on any atom is -0.368 e. The SMILES string of the molecule is CCNC(=NCc1ccc(C(=O)NCC(N)=O)cc1)NCCCCC1CCCC1. The van der Waals surface area contributed by atoms with Crippen LogP contribution in [0.2, 0.25) is 0 Å². The number of nitrogens with two attached hydrogens (primary N) is 1. The first-order chi connectivity index (χ1) is 14.1. The number of primary amides is 1. The summed E-state index contributed by atoms with van der Waals surface area (Å²) < 4.78 is 0. The summed E-state index contributed by atoms with van der Waals surface area (Å²) in [5, 5.41) is 9.15. The highest BCUT2D eigenvalue weighted by Crippen LogP contribution is 2.28. The van der Waals surface area contributed by atoms with Crippen LogP contribution in [0.1, 0.15) is 67.8 Å². The van der Waals surface area contributed by atoms with Gasteiger partial charge in [-0.05, 0) is 37.0 Å². The van der Waals surface area contributed by atoms with Gasteiger partial charge in [0.2, 0.25) is 5.91 Å². The summed E-state index contributed by atoms with van der Waals surface area (Å²) >= 11 is 0. The van der Waals surface area contributed by atoms with Crippen molar-refractivity contribution in [2.75, 3.05) is 19.6 Å². The molecule has 2 rings (SSSR count). The van der Waals surface area contributed by atoms with Gasteiger partial charge in [0.1, 0.15) is 0 Å². The van der Waals surface area contributed by atoms with E-state index in [0.717, 1.165) is 37.0 Å². The van der Waals surface area contributed by atoms with Crippen LogP contribution in [0.25, 0.3) is 0 Å². The molecule has 1 saturated carbocycles. The van der Waals surface area contributed by atoms with Gasteiger partial charge in [-0.3, -0.25) is 9.59 Å². The second-order valence-electron chi connectivity index (χ2n) is 7.61. The molecule has 1 aliphatic rings. The predicted molar refractivity (Wildman–Crippen MR) is 117 cm³/mol. The van der Waals surface area contributed by atoms with Crippen LogP contribution in [0, 0.1) is 5.92 Å². The Morgan fingerprint density at radius 2 is 1.79 bits per heavy atom.